The van der Waals surface area contributed by atoms with Crippen molar-refractivity contribution in [3.8, 4) is 5.75 Å². The number of benzene rings is 1. The normalized spacial score (nSPS) is 20.2. The number of carbonyl (C=O) groups is 1. The van der Waals surface area contributed by atoms with Gasteiger partial charge in [0.05, 0.1) is 12.6 Å². The maximum absolute atomic E-state index is 13.5. The summed E-state index contributed by atoms with van der Waals surface area (Å²) < 4.78 is 23.7. The van der Waals surface area contributed by atoms with Gasteiger partial charge < -0.3 is 19.9 Å². The van der Waals surface area contributed by atoms with E-state index in [-0.39, 0.29) is 18.3 Å². The molecular formula is C12H14FNO4. The van der Waals surface area contributed by atoms with Gasteiger partial charge in [-0.15, -0.1) is 0 Å². The summed E-state index contributed by atoms with van der Waals surface area (Å²) in [6.45, 7) is 2.03. The third-order valence-corrected chi connectivity index (χ3v) is 2.61. The summed E-state index contributed by atoms with van der Waals surface area (Å²) in [5, 5.41) is 11.8. The van der Waals surface area contributed by atoms with E-state index in [1.54, 1.807) is 6.07 Å². The first-order valence-electron chi connectivity index (χ1n) is 5.61. The number of hydrogen-bond donors (Lipinski definition) is 2. The fourth-order valence-electron chi connectivity index (χ4n) is 1.65. The highest BCUT2D eigenvalue weighted by atomic mass is 19.1. The van der Waals surface area contributed by atoms with Crippen molar-refractivity contribution in [2.75, 3.05) is 13.2 Å². The van der Waals surface area contributed by atoms with E-state index < -0.39 is 18.0 Å². The third-order valence-electron chi connectivity index (χ3n) is 2.61. The summed E-state index contributed by atoms with van der Waals surface area (Å²) in [5.74, 6) is -0.191. The molecule has 1 aliphatic heterocycles. The molecule has 0 aliphatic carbocycles. The molecule has 2 atom stereocenters. The van der Waals surface area contributed by atoms with Gasteiger partial charge in [0.25, 0.3) is 0 Å². The van der Waals surface area contributed by atoms with Crippen molar-refractivity contribution >= 4 is 6.09 Å². The third kappa shape index (κ3) is 2.89. The van der Waals surface area contributed by atoms with Crippen LogP contribution in [0.5, 0.6) is 5.75 Å². The van der Waals surface area contributed by atoms with Crippen LogP contribution in [0.15, 0.2) is 18.2 Å². The number of amides is 1. The number of cyclic esters (lactones) is 1. The Kier molecular flexibility index (Phi) is 3.66. The lowest BCUT2D eigenvalue weighted by atomic mass is 10.1. The average Bonchev–Trinajstić information content (AvgIpc) is 2.72. The predicted octanol–water partition coefficient (Wildman–Crippen LogP) is 1.37. The summed E-state index contributed by atoms with van der Waals surface area (Å²) in [5.41, 5.74) is 0.219. The van der Waals surface area contributed by atoms with Gasteiger partial charge in [-0.3, -0.25) is 0 Å². The molecule has 0 aromatic heterocycles. The summed E-state index contributed by atoms with van der Waals surface area (Å²) in [7, 11) is 0. The minimum Gasteiger partial charge on any atom is -0.490 e. The first-order chi connectivity index (χ1) is 8.56. The maximum Gasteiger partial charge on any atom is 0.407 e. The second kappa shape index (κ2) is 5.22. The zero-order chi connectivity index (χ0) is 13.1. The predicted molar refractivity (Wildman–Crippen MR) is 60.8 cm³/mol. The molecule has 1 fully saturated rings. The van der Waals surface area contributed by atoms with Gasteiger partial charge in [-0.1, -0.05) is 0 Å². The molecule has 1 aromatic carbocycles. The van der Waals surface area contributed by atoms with Crippen LogP contribution in [0, 0.1) is 5.82 Å². The number of rotatable bonds is 4. The van der Waals surface area contributed by atoms with Crippen LogP contribution in [0.3, 0.4) is 0 Å². The Labute approximate surface area is 104 Å². The zero-order valence-electron chi connectivity index (χ0n) is 9.85. The van der Waals surface area contributed by atoms with E-state index in [0.29, 0.717) is 12.3 Å². The number of aliphatic hydroxyl groups excluding tert-OH is 1. The Hall–Kier alpha value is -1.82. The molecule has 5 nitrogen and oxygen atoms in total. The van der Waals surface area contributed by atoms with Crippen LogP contribution >= 0.6 is 0 Å². The quantitative estimate of drug-likeness (QED) is 0.852. The van der Waals surface area contributed by atoms with Crippen molar-refractivity contribution in [1.29, 1.82) is 0 Å². The monoisotopic (exact) mass is 255 g/mol. The first kappa shape index (κ1) is 12.6. The minimum atomic E-state index is -0.862. The Morgan fingerprint density at radius 1 is 1.67 bits per heavy atom. The van der Waals surface area contributed by atoms with Crippen LogP contribution < -0.4 is 10.1 Å². The largest absolute Gasteiger partial charge is 0.490 e. The standard InChI is InChI=1S/C12H14FNO4/c1-7(15)10-3-2-8(4-11(10)13)17-6-9-5-14-12(16)18-9/h2-4,7,9,15H,5-6H2,1H3,(H,14,16). The molecular weight excluding hydrogens is 241 g/mol. The fraction of sp³-hybridized carbons (Fsp3) is 0.417. The number of alkyl carbamates (subject to hydrolysis) is 1. The van der Waals surface area contributed by atoms with Gasteiger partial charge in [0.2, 0.25) is 0 Å². The van der Waals surface area contributed by atoms with Gasteiger partial charge in [-0.05, 0) is 19.1 Å². The van der Waals surface area contributed by atoms with Crippen LogP contribution in [0.1, 0.15) is 18.6 Å². The molecule has 2 rings (SSSR count). The van der Waals surface area contributed by atoms with E-state index in [2.05, 4.69) is 5.32 Å². The number of hydrogen-bond acceptors (Lipinski definition) is 4. The van der Waals surface area contributed by atoms with Crippen LogP contribution in [-0.4, -0.2) is 30.5 Å². The molecule has 0 saturated carbocycles. The second-order valence-corrected chi connectivity index (χ2v) is 4.08. The molecule has 98 valence electrons. The maximum atomic E-state index is 13.5. The van der Waals surface area contributed by atoms with E-state index >= 15 is 0 Å². The smallest absolute Gasteiger partial charge is 0.407 e. The molecule has 0 radical (unpaired) electrons. The lowest BCUT2D eigenvalue weighted by molar-refractivity contribution is 0.104. The highest BCUT2D eigenvalue weighted by molar-refractivity contribution is 5.69. The number of halogens is 1. The van der Waals surface area contributed by atoms with Crippen LogP contribution in [0.2, 0.25) is 0 Å². The van der Waals surface area contributed by atoms with E-state index in [0.717, 1.165) is 0 Å². The van der Waals surface area contributed by atoms with Crippen molar-refractivity contribution in [3.63, 3.8) is 0 Å². The van der Waals surface area contributed by atoms with Crippen molar-refractivity contribution in [1.82, 2.24) is 5.32 Å². The SMILES string of the molecule is CC(O)c1ccc(OCC2CNC(=O)O2)cc1F. The topological polar surface area (TPSA) is 67.8 Å². The molecule has 1 aromatic rings. The number of nitrogens with one attached hydrogen (secondary N) is 1. The molecule has 1 amide bonds. The number of aliphatic hydroxyl groups is 1. The van der Waals surface area contributed by atoms with Crippen LogP contribution in [0.4, 0.5) is 9.18 Å². The summed E-state index contributed by atoms with van der Waals surface area (Å²) in [6, 6.07) is 4.23. The molecule has 1 saturated heterocycles. The van der Waals surface area contributed by atoms with Crippen molar-refractivity contribution in [2.45, 2.75) is 19.1 Å². The minimum absolute atomic E-state index is 0.159. The number of carbonyl (C=O) groups excluding carboxylic acids is 1. The lowest BCUT2D eigenvalue weighted by Gasteiger charge is -2.12. The van der Waals surface area contributed by atoms with E-state index in [1.165, 1.54) is 19.1 Å². The first-order valence-corrected chi connectivity index (χ1v) is 5.61. The number of ether oxygens (including phenoxy) is 2. The Balaban J connectivity index is 1.94. The molecule has 18 heavy (non-hydrogen) atoms. The van der Waals surface area contributed by atoms with E-state index in [4.69, 9.17) is 9.47 Å². The highest BCUT2D eigenvalue weighted by Gasteiger charge is 2.23. The average molecular weight is 255 g/mol. The van der Waals surface area contributed by atoms with Gasteiger partial charge in [-0.25, -0.2) is 9.18 Å². The fourth-order valence-corrected chi connectivity index (χ4v) is 1.65. The van der Waals surface area contributed by atoms with Gasteiger partial charge in [0.15, 0.2) is 6.10 Å². The van der Waals surface area contributed by atoms with Gasteiger partial charge in [0, 0.05) is 11.6 Å². The van der Waals surface area contributed by atoms with Crippen molar-refractivity contribution in [2.24, 2.45) is 0 Å². The van der Waals surface area contributed by atoms with Gasteiger partial charge >= 0.3 is 6.09 Å². The lowest BCUT2D eigenvalue weighted by Crippen LogP contribution is -2.22. The molecule has 0 spiro atoms. The second-order valence-electron chi connectivity index (χ2n) is 4.08. The van der Waals surface area contributed by atoms with Crippen molar-refractivity contribution in [3.05, 3.63) is 29.6 Å². The van der Waals surface area contributed by atoms with E-state index in [1.807, 2.05) is 0 Å². The zero-order valence-corrected chi connectivity index (χ0v) is 9.85. The Morgan fingerprint density at radius 2 is 2.44 bits per heavy atom. The Bertz CT molecular complexity index is 450. The van der Waals surface area contributed by atoms with Gasteiger partial charge in [0.1, 0.15) is 18.2 Å². The molecule has 1 heterocycles. The Morgan fingerprint density at radius 3 is 3.00 bits per heavy atom. The van der Waals surface area contributed by atoms with Crippen LogP contribution in [0.25, 0.3) is 0 Å². The summed E-state index contributed by atoms with van der Waals surface area (Å²) in [4.78, 5) is 10.8. The summed E-state index contributed by atoms with van der Waals surface area (Å²) in [6.07, 6.45) is -1.70. The molecule has 2 N–H and O–H groups in total. The summed E-state index contributed by atoms with van der Waals surface area (Å²) >= 11 is 0. The molecule has 1 aliphatic rings. The van der Waals surface area contributed by atoms with Crippen LogP contribution in [-0.2, 0) is 4.74 Å². The van der Waals surface area contributed by atoms with Gasteiger partial charge in [-0.2, -0.15) is 0 Å². The van der Waals surface area contributed by atoms with Crippen molar-refractivity contribution < 1.29 is 23.8 Å². The molecule has 0 bridgehead atoms. The van der Waals surface area contributed by atoms with E-state index in [9.17, 15) is 14.3 Å². The highest BCUT2D eigenvalue weighted by Crippen LogP contribution is 2.22. The molecule has 6 heteroatoms. The molecule has 2 unspecified atom stereocenters.